The van der Waals surface area contributed by atoms with E-state index in [9.17, 15) is 4.39 Å². The van der Waals surface area contributed by atoms with Gasteiger partial charge in [-0.2, -0.15) is 4.98 Å². The Morgan fingerprint density at radius 1 is 1.42 bits per heavy atom. The van der Waals surface area contributed by atoms with Crippen LogP contribution in [0.3, 0.4) is 0 Å². The first kappa shape index (κ1) is 13.7. The van der Waals surface area contributed by atoms with E-state index < -0.39 is 5.82 Å². The number of halogens is 1. The number of nitrogens with zero attached hydrogens (tertiary/aromatic N) is 4. The predicted molar refractivity (Wildman–Crippen MR) is 75.1 cm³/mol. The van der Waals surface area contributed by atoms with Gasteiger partial charge in [0.1, 0.15) is 0 Å². The van der Waals surface area contributed by atoms with Crippen LogP contribution in [0.15, 0.2) is 11.7 Å². The second-order valence-corrected chi connectivity index (χ2v) is 5.05. The van der Waals surface area contributed by atoms with Gasteiger partial charge >= 0.3 is 0 Å². The van der Waals surface area contributed by atoms with Gasteiger partial charge < -0.3 is 10.2 Å². The molecule has 0 atom stereocenters. The Labute approximate surface area is 115 Å². The smallest absolute Gasteiger partial charge is 0.224 e. The summed E-state index contributed by atoms with van der Waals surface area (Å²) < 4.78 is 13.8. The molecule has 102 valence electrons. The van der Waals surface area contributed by atoms with Gasteiger partial charge in [0.25, 0.3) is 0 Å². The number of nitrogens with one attached hydrogen (secondary N) is 1. The summed E-state index contributed by atoms with van der Waals surface area (Å²) in [6, 6.07) is 0. The van der Waals surface area contributed by atoms with Crippen LogP contribution in [0.5, 0.6) is 0 Å². The summed E-state index contributed by atoms with van der Waals surface area (Å²) in [4.78, 5) is 15.1. The summed E-state index contributed by atoms with van der Waals surface area (Å²) in [7, 11) is 1.81. The van der Waals surface area contributed by atoms with E-state index in [1.54, 1.807) is 28.8 Å². The Balaban J connectivity index is 2.20. The largest absolute Gasteiger partial charge is 0.354 e. The van der Waals surface area contributed by atoms with Crippen LogP contribution in [-0.2, 0) is 6.54 Å². The molecular formula is C12H16FN5S. The van der Waals surface area contributed by atoms with Crippen molar-refractivity contribution in [2.45, 2.75) is 20.4 Å². The summed E-state index contributed by atoms with van der Waals surface area (Å²) in [5.74, 6) is 0.303. The highest BCUT2D eigenvalue weighted by Crippen LogP contribution is 2.21. The molecule has 5 nitrogen and oxygen atoms in total. The Kier molecular flexibility index (Phi) is 4.26. The molecule has 0 aliphatic heterocycles. The van der Waals surface area contributed by atoms with E-state index in [2.05, 4.69) is 20.3 Å². The van der Waals surface area contributed by atoms with Gasteiger partial charge in [-0.3, -0.25) is 0 Å². The molecule has 0 amide bonds. The van der Waals surface area contributed by atoms with E-state index >= 15 is 0 Å². The Hall–Kier alpha value is -1.76. The fraction of sp³-hybridized carbons (Fsp3) is 0.417. The SMILES string of the molecule is CCNc1ncc(F)c(N(C)Cc2scnc2C)n1. The van der Waals surface area contributed by atoms with Crippen molar-refractivity contribution in [3.8, 4) is 0 Å². The van der Waals surface area contributed by atoms with Gasteiger partial charge in [-0.25, -0.2) is 14.4 Å². The average Bonchev–Trinajstić information content (AvgIpc) is 2.77. The molecule has 0 aliphatic rings. The quantitative estimate of drug-likeness (QED) is 0.912. The Bertz CT molecular complexity index is 557. The highest BCUT2D eigenvalue weighted by atomic mass is 32.1. The zero-order valence-electron chi connectivity index (χ0n) is 11.1. The van der Waals surface area contributed by atoms with Crippen LogP contribution in [0.4, 0.5) is 16.2 Å². The summed E-state index contributed by atoms with van der Waals surface area (Å²) in [6.07, 6.45) is 1.19. The molecule has 2 aromatic heterocycles. The van der Waals surface area contributed by atoms with Crippen LogP contribution < -0.4 is 10.2 Å². The van der Waals surface area contributed by atoms with Crippen LogP contribution in [0.1, 0.15) is 17.5 Å². The van der Waals surface area contributed by atoms with Gasteiger partial charge in [0.2, 0.25) is 5.95 Å². The number of hydrogen-bond acceptors (Lipinski definition) is 6. The molecule has 0 unspecified atom stereocenters. The fourth-order valence-electron chi connectivity index (χ4n) is 1.64. The lowest BCUT2D eigenvalue weighted by Gasteiger charge is -2.18. The van der Waals surface area contributed by atoms with Crippen LogP contribution in [0.25, 0.3) is 0 Å². The molecule has 2 rings (SSSR count). The van der Waals surface area contributed by atoms with Crippen LogP contribution in [-0.4, -0.2) is 28.5 Å². The van der Waals surface area contributed by atoms with E-state index in [0.29, 0.717) is 24.9 Å². The topological polar surface area (TPSA) is 53.9 Å². The summed E-state index contributed by atoms with van der Waals surface area (Å²) >= 11 is 1.56. The zero-order chi connectivity index (χ0) is 13.8. The minimum atomic E-state index is -0.425. The molecule has 0 saturated carbocycles. The van der Waals surface area contributed by atoms with Gasteiger partial charge in [0.15, 0.2) is 11.6 Å². The van der Waals surface area contributed by atoms with Gasteiger partial charge in [0, 0.05) is 18.5 Å². The number of aromatic nitrogens is 3. The van der Waals surface area contributed by atoms with Crippen molar-refractivity contribution in [3.05, 3.63) is 28.1 Å². The lowest BCUT2D eigenvalue weighted by molar-refractivity contribution is 0.608. The van der Waals surface area contributed by atoms with Crippen LogP contribution >= 0.6 is 11.3 Å². The van der Waals surface area contributed by atoms with Crippen molar-refractivity contribution in [1.29, 1.82) is 0 Å². The van der Waals surface area contributed by atoms with Gasteiger partial charge in [-0.1, -0.05) is 0 Å². The monoisotopic (exact) mass is 281 g/mol. The van der Waals surface area contributed by atoms with Crippen molar-refractivity contribution < 1.29 is 4.39 Å². The average molecular weight is 281 g/mol. The number of aryl methyl sites for hydroxylation is 1. The summed E-state index contributed by atoms with van der Waals surface area (Å²) in [5.41, 5.74) is 2.76. The number of thiazole rings is 1. The second kappa shape index (κ2) is 5.92. The van der Waals surface area contributed by atoms with Gasteiger partial charge in [-0.15, -0.1) is 11.3 Å². The summed E-state index contributed by atoms with van der Waals surface area (Å²) in [5, 5.41) is 2.97. The molecule has 7 heteroatoms. The molecular weight excluding hydrogens is 265 g/mol. The highest BCUT2D eigenvalue weighted by molar-refractivity contribution is 7.09. The molecule has 19 heavy (non-hydrogen) atoms. The molecule has 2 aromatic rings. The predicted octanol–water partition coefficient (Wildman–Crippen LogP) is 2.45. The number of rotatable bonds is 5. The van der Waals surface area contributed by atoms with E-state index in [-0.39, 0.29) is 0 Å². The van der Waals surface area contributed by atoms with E-state index in [1.165, 1.54) is 6.20 Å². The Morgan fingerprint density at radius 2 is 2.21 bits per heavy atom. The first-order valence-corrected chi connectivity index (χ1v) is 6.86. The van der Waals surface area contributed by atoms with Crippen molar-refractivity contribution in [1.82, 2.24) is 15.0 Å². The maximum Gasteiger partial charge on any atom is 0.224 e. The third-order valence-corrected chi connectivity index (χ3v) is 3.57. The standard InChI is InChI=1S/C12H16FN5S/c1-4-14-12-15-5-9(13)11(17-12)18(3)6-10-8(2)16-7-19-10/h5,7H,4,6H2,1-3H3,(H,14,15,17). The lowest BCUT2D eigenvalue weighted by atomic mass is 10.3. The first-order chi connectivity index (χ1) is 9.11. The van der Waals surface area contributed by atoms with E-state index in [4.69, 9.17) is 0 Å². The van der Waals surface area contributed by atoms with E-state index in [1.807, 2.05) is 13.8 Å². The molecule has 2 heterocycles. The van der Waals surface area contributed by atoms with Gasteiger partial charge in [-0.05, 0) is 13.8 Å². The molecule has 0 fully saturated rings. The molecule has 0 radical (unpaired) electrons. The number of hydrogen-bond donors (Lipinski definition) is 1. The zero-order valence-corrected chi connectivity index (χ0v) is 12.0. The van der Waals surface area contributed by atoms with Crippen LogP contribution in [0, 0.1) is 12.7 Å². The first-order valence-electron chi connectivity index (χ1n) is 5.98. The fourth-order valence-corrected chi connectivity index (χ4v) is 2.47. The Morgan fingerprint density at radius 3 is 2.84 bits per heavy atom. The maximum atomic E-state index is 13.8. The van der Waals surface area contributed by atoms with Crippen LogP contribution in [0.2, 0.25) is 0 Å². The van der Waals surface area contributed by atoms with Crippen molar-refractivity contribution in [3.63, 3.8) is 0 Å². The third-order valence-electron chi connectivity index (χ3n) is 2.65. The minimum absolute atomic E-state index is 0.291. The normalized spacial score (nSPS) is 10.5. The molecule has 1 N–H and O–H groups in total. The van der Waals surface area contributed by atoms with Crippen molar-refractivity contribution in [2.75, 3.05) is 23.8 Å². The second-order valence-electron chi connectivity index (χ2n) is 4.11. The molecule has 0 aliphatic carbocycles. The molecule has 0 saturated heterocycles. The van der Waals surface area contributed by atoms with Gasteiger partial charge in [0.05, 0.1) is 23.9 Å². The van der Waals surface area contributed by atoms with Crippen molar-refractivity contribution in [2.24, 2.45) is 0 Å². The van der Waals surface area contributed by atoms with Crippen molar-refractivity contribution >= 4 is 23.1 Å². The molecule has 0 spiro atoms. The number of anilines is 2. The highest BCUT2D eigenvalue weighted by Gasteiger charge is 2.13. The maximum absolute atomic E-state index is 13.8. The molecule has 0 bridgehead atoms. The molecule has 0 aromatic carbocycles. The van der Waals surface area contributed by atoms with E-state index in [0.717, 1.165) is 10.6 Å². The minimum Gasteiger partial charge on any atom is -0.354 e. The lowest BCUT2D eigenvalue weighted by Crippen LogP contribution is -2.20. The summed E-state index contributed by atoms with van der Waals surface area (Å²) in [6.45, 7) is 5.16. The third kappa shape index (κ3) is 3.17.